The molecule has 2 aromatic carbocycles. The summed E-state index contributed by atoms with van der Waals surface area (Å²) in [4.78, 5) is 14.0. The van der Waals surface area contributed by atoms with E-state index in [-0.39, 0.29) is 12.5 Å². The zero-order chi connectivity index (χ0) is 16.1. The van der Waals surface area contributed by atoms with Gasteiger partial charge in [-0.2, -0.15) is 5.10 Å². The quantitative estimate of drug-likeness (QED) is 0.555. The molecule has 3 rings (SSSR count). The van der Waals surface area contributed by atoms with E-state index in [1.54, 1.807) is 17.6 Å². The Bertz CT molecular complexity index is 854. The summed E-state index contributed by atoms with van der Waals surface area (Å²) in [6.07, 6.45) is 1.66. The van der Waals surface area contributed by atoms with Crippen LogP contribution in [0, 0.1) is 6.92 Å². The van der Waals surface area contributed by atoms with Gasteiger partial charge in [-0.05, 0) is 42.0 Å². The Morgan fingerprint density at radius 1 is 1.13 bits per heavy atom. The molecule has 0 fully saturated rings. The molecule has 1 heterocycles. The lowest BCUT2D eigenvalue weighted by molar-refractivity contribution is -0.119. The molecule has 4 nitrogen and oxygen atoms in total. The summed E-state index contributed by atoms with van der Waals surface area (Å²) >= 11 is 1.63. The van der Waals surface area contributed by atoms with E-state index >= 15 is 0 Å². The number of amides is 1. The van der Waals surface area contributed by atoms with Crippen LogP contribution in [-0.2, 0) is 4.79 Å². The van der Waals surface area contributed by atoms with Crippen LogP contribution in [0.15, 0.2) is 59.7 Å². The van der Waals surface area contributed by atoms with Gasteiger partial charge in [0, 0.05) is 15.4 Å². The van der Waals surface area contributed by atoms with Crippen molar-refractivity contribution in [3.05, 3.63) is 64.4 Å². The van der Waals surface area contributed by atoms with E-state index in [1.165, 1.54) is 10.3 Å². The van der Waals surface area contributed by atoms with E-state index in [2.05, 4.69) is 21.9 Å². The molecule has 2 N–H and O–H groups in total. The predicted octanol–water partition coefficient (Wildman–Crippen LogP) is 3.77. The monoisotopic (exact) mass is 323 g/mol. The fraction of sp³-hybridized carbons (Fsp3) is 0.111. The molecule has 0 unspecified atom stereocenters. The molecular formula is C18H17N3OS. The first kappa shape index (κ1) is 15.2. The fourth-order valence-electron chi connectivity index (χ4n) is 2.21. The first-order valence-corrected chi connectivity index (χ1v) is 8.13. The molecule has 0 aliphatic heterocycles. The molecule has 0 bridgehead atoms. The van der Waals surface area contributed by atoms with Gasteiger partial charge in [-0.3, -0.25) is 4.79 Å². The van der Waals surface area contributed by atoms with Crippen molar-refractivity contribution in [1.82, 2.24) is 5.43 Å². The lowest BCUT2D eigenvalue weighted by Crippen LogP contribution is -2.25. The van der Waals surface area contributed by atoms with Crippen molar-refractivity contribution < 1.29 is 4.79 Å². The van der Waals surface area contributed by atoms with Crippen LogP contribution in [0.4, 0.5) is 5.69 Å². The normalized spacial score (nSPS) is 11.0. The highest BCUT2D eigenvalue weighted by atomic mass is 32.1. The highest BCUT2D eigenvalue weighted by Gasteiger charge is 2.01. The van der Waals surface area contributed by atoms with Crippen molar-refractivity contribution in [3.8, 4) is 0 Å². The molecule has 0 aliphatic rings. The van der Waals surface area contributed by atoms with Gasteiger partial charge in [0.25, 0.3) is 5.91 Å². The molecule has 3 aromatic rings. The molecule has 0 saturated heterocycles. The zero-order valence-electron chi connectivity index (χ0n) is 12.7. The second-order valence-corrected chi connectivity index (χ2v) is 6.48. The van der Waals surface area contributed by atoms with Crippen LogP contribution in [0.2, 0.25) is 0 Å². The van der Waals surface area contributed by atoms with Gasteiger partial charge in [0.05, 0.1) is 12.8 Å². The topological polar surface area (TPSA) is 53.5 Å². The number of carbonyl (C=O) groups is 1. The Balaban J connectivity index is 1.52. The Kier molecular flexibility index (Phi) is 4.68. The summed E-state index contributed by atoms with van der Waals surface area (Å²) in [5, 5.41) is 9.39. The predicted molar refractivity (Wildman–Crippen MR) is 97.2 cm³/mol. The third-order valence-corrected chi connectivity index (χ3v) is 4.28. The van der Waals surface area contributed by atoms with Gasteiger partial charge in [0.15, 0.2) is 0 Å². The number of thiophene rings is 1. The number of carbonyl (C=O) groups excluding carboxylic acids is 1. The maximum atomic E-state index is 11.8. The van der Waals surface area contributed by atoms with Crippen LogP contribution in [-0.4, -0.2) is 18.7 Å². The van der Waals surface area contributed by atoms with Crippen molar-refractivity contribution in [2.45, 2.75) is 6.92 Å². The van der Waals surface area contributed by atoms with Crippen molar-refractivity contribution in [3.63, 3.8) is 0 Å². The van der Waals surface area contributed by atoms with Gasteiger partial charge in [-0.15, -0.1) is 11.3 Å². The van der Waals surface area contributed by atoms with E-state index in [9.17, 15) is 4.79 Å². The SMILES string of the molecule is Cc1ccc(/C=N/NC(=O)CNc2ccc3ccccc3c2)s1. The highest BCUT2D eigenvalue weighted by molar-refractivity contribution is 7.13. The third-order valence-electron chi connectivity index (χ3n) is 3.34. The second-order valence-electron chi connectivity index (χ2n) is 5.16. The van der Waals surface area contributed by atoms with Crippen molar-refractivity contribution in [2.24, 2.45) is 5.10 Å². The number of hydrogen-bond acceptors (Lipinski definition) is 4. The fourth-order valence-corrected chi connectivity index (χ4v) is 2.96. The van der Waals surface area contributed by atoms with Gasteiger partial charge in [0.2, 0.25) is 0 Å². The summed E-state index contributed by atoms with van der Waals surface area (Å²) in [6, 6.07) is 18.1. The Morgan fingerprint density at radius 3 is 2.74 bits per heavy atom. The van der Waals surface area contributed by atoms with Crippen LogP contribution in [0.3, 0.4) is 0 Å². The van der Waals surface area contributed by atoms with E-state index in [0.29, 0.717) is 0 Å². The number of anilines is 1. The molecule has 0 spiro atoms. The van der Waals surface area contributed by atoms with Crippen molar-refractivity contribution >= 4 is 39.9 Å². The first-order chi connectivity index (χ1) is 11.2. The highest BCUT2D eigenvalue weighted by Crippen LogP contribution is 2.18. The maximum Gasteiger partial charge on any atom is 0.259 e. The minimum atomic E-state index is -0.178. The number of rotatable bonds is 5. The molecule has 0 atom stereocenters. The minimum absolute atomic E-state index is 0.178. The Morgan fingerprint density at radius 2 is 1.96 bits per heavy atom. The molecule has 5 heteroatoms. The minimum Gasteiger partial charge on any atom is -0.376 e. The Hall–Kier alpha value is -2.66. The molecule has 0 saturated carbocycles. The van der Waals surface area contributed by atoms with E-state index < -0.39 is 0 Å². The van der Waals surface area contributed by atoms with Gasteiger partial charge >= 0.3 is 0 Å². The molecular weight excluding hydrogens is 306 g/mol. The largest absolute Gasteiger partial charge is 0.376 e. The smallest absolute Gasteiger partial charge is 0.259 e. The summed E-state index contributed by atoms with van der Waals surface area (Å²) < 4.78 is 0. The van der Waals surface area contributed by atoms with Crippen LogP contribution < -0.4 is 10.7 Å². The molecule has 0 radical (unpaired) electrons. The van der Waals surface area contributed by atoms with Gasteiger partial charge in [-0.1, -0.05) is 30.3 Å². The summed E-state index contributed by atoms with van der Waals surface area (Å²) in [7, 11) is 0. The number of hydrogen-bond donors (Lipinski definition) is 2. The molecule has 116 valence electrons. The van der Waals surface area contributed by atoms with Crippen LogP contribution in [0.25, 0.3) is 10.8 Å². The van der Waals surface area contributed by atoms with Crippen LogP contribution >= 0.6 is 11.3 Å². The number of fused-ring (bicyclic) bond motifs is 1. The molecule has 23 heavy (non-hydrogen) atoms. The maximum absolute atomic E-state index is 11.8. The average molecular weight is 323 g/mol. The summed E-state index contributed by atoms with van der Waals surface area (Å²) in [5.41, 5.74) is 3.44. The summed E-state index contributed by atoms with van der Waals surface area (Å²) in [5.74, 6) is -0.178. The second kappa shape index (κ2) is 7.07. The van der Waals surface area contributed by atoms with Crippen molar-refractivity contribution in [1.29, 1.82) is 0 Å². The van der Waals surface area contributed by atoms with Crippen LogP contribution in [0.1, 0.15) is 9.75 Å². The van der Waals surface area contributed by atoms with E-state index in [4.69, 9.17) is 0 Å². The number of hydrazone groups is 1. The molecule has 1 aromatic heterocycles. The average Bonchev–Trinajstić information content (AvgIpc) is 2.98. The van der Waals surface area contributed by atoms with Gasteiger partial charge in [-0.25, -0.2) is 5.43 Å². The zero-order valence-corrected chi connectivity index (χ0v) is 13.6. The third kappa shape index (κ3) is 4.17. The number of nitrogens with zero attached hydrogens (tertiary/aromatic N) is 1. The number of aryl methyl sites for hydroxylation is 1. The van der Waals surface area contributed by atoms with Crippen molar-refractivity contribution in [2.75, 3.05) is 11.9 Å². The Labute approximate surface area is 138 Å². The van der Waals surface area contributed by atoms with Gasteiger partial charge in [0.1, 0.15) is 0 Å². The van der Waals surface area contributed by atoms with E-state index in [1.807, 2.05) is 55.5 Å². The van der Waals surface area contributed by atoms with E-state index in [0.717, 1.165) is 16.0 Å². The summed E-state index contributed by atoms with van der Waals surface area (Å²) in [6.45, 7) is 2.22. The lowest BCUT2D eigenvalue weighted by atomic mass is 10.1. The number of benzene rings is 2. The van der Waals surface area contributed by atoms with Crippen LogP contribution in [0.5, 0.6) is 0 Å². The lowest BCUT2D eigenvalue weighted by Gasteiger charge is -2.06. The number of nitrogens with one attached hydrogen (secondary N) is 2. The first-order valence-electron chi connectivity index (χ1n) is 7.32. The molecule has 0 aliphatic carbocycles. The molecule has 1 amide bonds. The standard InChI is InChI=1S/C18H17N3OS/c1-13-6-9-17(23-13)11-20-21-18(22)12-19-16-8-7-14-4-2-3-5-15(14)10-16/h2-11,19H,12H2,1H3,(H,21,22)/b20-11+. The van der Waals surface area contributed by atoms with Gasteiger partial charge < -0.3 is 5.32 Å².